The van der Waals surface area contributed by atoms with Crippen molar-refractivity contribution < 1.29 is 14.3 Å². The van der Waals surface area contributed by atoms with Crippen molar-refractivity contribution in [1.82, 2.24) is 15.0 Å². The van der Waals surface area contributed by atoms with Crippen molar-refractivity contribution in [1.29, 1.82) is 0 Å². The Bertz CT molecular complexity index is 1140. The van der Waals surface area contributed by atoms with Gasteiger partial charge in [-0.3, -0.25) is 10.3 Å². The molecule has 0 saturated carbocycles. The van der Waals surface area contributed by atoms with Crippen LogP contribution in [0.5, 0.6) is 17.4 Å². The number of amides is 1. The summed E-state index contributed by atoms with van der Waals surface area (Å²) in [7, 11) is 0. The van der Waals surface area contributed by atoms with Gasteiger partial charge in [-0.2, -0.15) is 0 Å². The lowest BCUT2D eigenvalue weighted by molar-refractivity contribution is 0.215. The average Bonchev–Trinajstić information content (AvgIpc) is 3.07. The van der Waals surface area contributed by atoms with Crippen molar-refractivity contribution in [2.45, 2.75) is 13.8 Å². The molecule has 4 rings (SSSR count). The highest BCUT2D eigenvalue weighted by Crippen LogP contribution is 2.27. The summed E-state index contributed by atoms with van der Waals surface area (Å²) < 4.78 is 11.1. The first-order valence-electron chi connectivity index (χ1n) is 8.70. The normalized spacial score (nSPS) is 10.6. The van der Waals surface area contributed by atoms with E-state index in [4.69, 9.17) is 9.47 Å². The number of aryl methyl sites for hydroxylation is 2. The summed E-state index contributed by atoms with van der Waals surface area (Å²) in [5.74, 6) is 1.50. The number of hydrogen-bond acceptors (Lipinski definition) is 5. The molecule has 0 aliphatic carbocycles. The highest BCUT2D eigenvalue weighted by Gasteiger charge is 2.11. The summed E-state index contributed by atoms with van der Waals surface area (Å²) in [5, 5.41) is 3.50. The molecule has 7 nitrogen and oxygen atoms in total. The molecular formula is C21H18N4O3. The lowest BCUT2D eigenvalue weighted by Crippen LogP contribution is -2.16. The number of rotatable bonds is 4. The van der Waals surface area contributed by atoms with Crippen LogP contribution in [-0.4, -0.2) is 21.0 Å². The lowest BCUT2D eigenvalue weighted by atomic mass is 10.2. The third-order valence-electron chi connectivity index (χ3n) is 4.16. The van der Waals surface area contributed by atoms with Crippen LogP contribution in [0, 0.1) is 13.8 Å². The van der Waals surface area contributed by atoms with Crippen LogP contribution in [0.15, 0.2) is 61.1 Å². The summed E-state index contributed by atoms with van der Waals surface area (Å²) in [6, 6.07) is 12.8. The Kier molecular flexibility index (Phi) is 4.63. The van der Waals surface area contributed by atoms with Crippen LogP contribution in [0.1, 0.15) is 11.3 Å². The van der Waals surface area contributed by atoms with E-state index in [1.807, 2.05) is 38.1 Å². The van der Waals surface area contributed by atoms with Crippen molar-refractivity contribution >= 4 is 22.7 Å². The Hall–Kier alpha value is -3.87. The van der Waals surface area contributed by atoms with Crippen molar-refractivity contribution in [2.75, 3.05) is 5.32 Å². The molecule has 4 aromatic rings. The van der Waals surface area contributed by atoms with E-state index in [2.05, 4.69) is 20.3 Å². The molecule has 0 unspecified atom stereocenters. The Labute approximate surface area is 161 Å². The summed E-state index contributed by atoms with van der Waals surface area (Å²) in [4.78, 5) is 23.7. The fourth-order valence-corrected chi connectivity index (χ4v) is 2.75. The first-order valence-corrected chi connectivity index (χ1v) is 8.70. The number of fused-ring (bicyclic) bond motifs is 1. The maximum Gasteiger partial charge on any atom is 0.417 e. The molecular weight excluding hydrogens is 356 g/mol. The van der Waals surface area contributed by atoms with E-state index in [0.29, 0.717) is 23.1 Å². The van der Waals surface area contributed by atoms with Gasteiger partial charge in [0.05, 0.1) is 17.6 Å². The molecule has 0 radical (unpaired) electrons. The molecule has 1 aromatic carbocycles. The quantitative estimate of drug-likeness (QED) is 0.526. The average molecular weight is 374 g/mol. The number of anilines is 1. The molecule has 1 amide bonds. The molecule has 0 aliphatic heterocycles. The maximum atomic E-state index is 12.2. The zero-order valence-electron chi connectivity index (χ0n) is 15.4. The van der Waals surface area contributed by atoms with Crippen LogP contribution in [-0.2, 0) is 0 Å². The van der Waals surface area contributed by atoms with Crippen molar-refractivity contribution in [3.05, 3.63) is 72.3 Å². The number of aromatic amines is 1. The molecule has 140 valence electrons. The van der Waals surface area contributed by atoms with Crippen LogP contribution in [0.4, 0.5) is 10.5 Å². The van der Waals surface area contributed by atoms with Crippen molar-refractivity contribution in [3.8, 4) is 17.4 Å². The number of nitrogens with zero attached hydrogens (tertiary/aromatic N) is 2. The van der Waals surface area contributed by atoms with E-state index in [1.165, 1.54) is 6.20 Å². The number of carbonyl (C=O) groups excluding carboxylic acids is 1. The Balaban J connectivity index is 1.41. The number of aromatic nitrogens is 3. The van der Waals surface area contributed by atoms with Gasteiger partial charge in [-0.15, -0.1) is 0 Å². The minimum atomic E-state index is -0.597. The molecule has 7 heteroatoms. The monoisotopic (exact) mass is 374 g/mol. The summed E-state index contributed by atoms with van der Waals surface area (Å²) in [5.41, 5.74) is 3.30. The molecule has 3 heterocycles. The Morgan fingerprint density at radius 1 is 1.07 bits per heavy atom. The molecule has 0 saturated heterocycles. The Morgan fingerprint density at radius 2 is 1.96 bits per heavy atom. The molecule has 0 fully saturated rings. The molecule has 2 N–H and O–H groups in total. The fraction of sp³-hybridized carbons (Fsp3) is 0.0952. The minimum Gasteiger partial charge on any atom is -0.437 e. The van der Waals surface area contributed by atoms with Crippen molar-refractivity contribution in [2.24, 2.45) is 0 Å². The SMILES string of the molecule is Cc1ccc2c(OC(=O)Nc3ccc(Oc4cccnc4C)nc3)c[nH]c2c1. The van der Waals surface area contributed by atoms with E-state index in [-0.39, 0.29) is 0 Å². The number of hydrogen-bond donors (Lipinski definition) is 2. The van der Waals surface area contributed by atoms with Gasteiger partial charge in [0.1, 0.15) is 0 Å². The zero-order chi connectivity index (χ0) is 19.5. The minimum absolute atomic E-state index is 0.405. The smallest absolute Gasteiger partial charge is 0.417 e. The molecule has 0 aliphatic rings. The fourth-order valence-electron chi connectivity index (χ4n) is 2.75. The van der Waals surface area contributed by atoms with Gasteiger partial charge in [-0.05, 0) is 49.7 Å². The molecule has 3 aromatic heterocycles. The van der Waals surface area contributed by atoms with Crippen LogP contribution < -0.4 is 14.8 Å². The number of ether oxygens (including phenoxy) is 2. The first-order chi connectivity index (χ1) is 13.6. The van der Waals surface area contributed by atoms with Crippen LogP contribution in [0.3, 0.4) is 0 Å². The van der Waals surface area contributed by atoms with Crippen LogP contribution >= 0.6 is 0 Å². The van der Waals surface area contributed by atoms with Gasteiger partial charge < -0.3 is 14.5 Å². The third-order valence-corrected chi connectivity index (χ3v) is 4.16. The van der Waals surface area contributed by atoms with Crippen LogP contribution in [0.2, 0.25) is 0 Å². The summed E-state index contributed by atoms with van der Waals surface area (Å²) in [6.07, 6.45) is 4.26. The number of pyridine rings is 2. The molecule has 0 spiro atoms. The van der Waals surface area contributed by atoms with Gasteiger partial charge in [-0.1, -0.05) is 6.07 Å². The first kappa shape index (κ1) is 17.5. The second-order valence-corrected chi connectivity index (χ2v) is 6.29. The van der Waals surface area contributed by atoms with E-state index < -0.39 is 6.09 Å². The third kappa shape index (κ3) is 3.78. The number of benzene rings is 1. The van der Waals surface area contributed by atoms with Gasteiger partial charge >= 0.3 is 6.09 Å². The highest BCUT2D eigenvalue weighted by molar-refractivity contribution is 5.92. The second-order valence-electron chi connectivity index (χ2n) is 6.29. The van der Waals surface area contributed by atoms with Gasteiger partial charge in [0.15, 0.2) is 11.5 Å². The zero-order valence-corrected chi connectivity index (χ0v) is 15.4. The number of carbonyl (C=O) groups is 1. The predicted octanol–water partition coefficient (Wildman–Crippen LogP) is 4.98. The molecule has 0 bridgehead atoms. The van der Waals surface area contributed by atoms with E-state index in [1.54, 1.807) is 30.6 Å². The lowest BCUT2D eigenvalue weighted by Gasteiger charge is -2.08. The topological polar surface area (TPSA) is 89.1 Å². The van der Waals surface area contributed by atoms with Gasteiger partial charge in [0, 0.05) is 29.4 Å². The van der Waals surface area contributed by atoms with Crippen molar-refractivity contribution in [3.63, 3.8) is 0 Å². The predicted molar refractivity (Wildman–Crippen MR) is 106 cm³/mol. The van der Waals surface area contributed by atoms with Gasteiger partial charge in [-0.25, -0.2) is 9.78 Å². The van der Waals surface area contributed by atoms with E-state index >= 15 is 0 Å². The number of H-pyrrole nitrogens is 1. The summed E-state index contributed by atoms with van der Waals surface area (Å²) >= 11 is 0. The molecule has 0 atom stereocenters. The standard InChI is InChI=1S/C21H18N4O3/c1-13-5-7-16-17(10-13)23-12-19(16)28-21(26)25-15-6-8-20(24-11-15)27-18-4-3-9-22-14(18)2/h3-12,23H,1-2H3,(H,25,26). The maximum absolute atomic E-state index is 12.2. The second kappa shape index (κ2) is 7.40. The van der Waals surface area contributed by atoms with Gasteiger partial charge in [0.2, 0.25) is 5.88 Å². The van der Waals surface area contributed by atoms with Crippen LogP contribution in [0.25, 0.3) is 10.9 Å². The highest BCUT2D eigenvalue weighted by atomic mass is 16.6. The summed E-state index contributed by atoms with van der Waals surface area (Å²) in [6.45, 7) is 3.86. The Morgan fingerprint density at radius 3 is 2.75 bits per heavy atom. The number of nitrogens with one attached hydrogen (secondary N) is 2. The van der Waals surface area contributed by atoms with E-state index in [0.717, 1.165) is 22.2 Å². The van der Waals surface area contributed by atoms with E-state index in [9.17, 15) is 4.79 Å². The largest absolute Gasteiger partial charge is 0.437 e. The molecule has 28 heavy (non-hydrogen) atoms. The van der Waals surface area contributed by atoms with Gasteiger partial charge in [0.25, 0.3) is 0 Å².